The molecule has 0 bridgehead atoms. The van der Waals surface area contributed by atoms with E-state index < -0.39 is 5.60 Å². The van der Waals surface area contributed by atoms with Crippen molar-refractivity contribution in [2.75, 3.05) is 5.75 Å². The molecule has 0 saturated carbocycles. The lowest BCUT2D eigenvalue weighted by atomic mass is 10.2. The van der Waals surface area contributed by atoms with Gasteiger partial charge >= 0.3 is 0 Å². The molecule has 1 aromatic rings. The van der Waals surface area contributed by atoms with Crippen molar-refractivity contribution < 1.29 is 5.11 Å². The summed E-state index contributed by atoms with van der Waals surface area (Å²) in [6.45, 7) is 3.55. The van der Waals surface area contributed by atoms with Gasteiger partial charge < -0.3 is 5.11 Å². The quantitative estimate of drug-likeness (QED) is 0.720. The summed E-state index contributed by atoms with van der Waals surface area (Å²) >= 11 is 1.50. The maximum Gasteiger partial charge on any atom is 0.114 e. The van der Waals surface area contributed by atoms with Crippen LogP contribution < -0.4 is 0 Å². The molecule has 1 N–H and O–H groups in total. The molecule has 0 aliphatic heterocycles. The van der Waals surface area contributed by atoms with Crippen LogP contribution in [0.5, 0.6) is 0 Å². The molecule has 0 radical (unpaired) electrons. The Bertz CT molecular complexity index is 233. The second-order valence-corrected chi connectivity index (χ2v) is 4.14. The summed E-state index contributed by atoms with van der Waals surface area (Å²) in [5.74, 6) is 0.631. The highest BCUT2D eigenvalue weighted by Gasteiger charge is 2.12. The summed E-state index contributed by atoms with van der Waals surface area (Å²) in [5.41, 5.74) is -0.651. The van der Waals surface area contributed by atoms with Crippen molar-refractivity contribution in [3.8, 4) is 0 Å². The van der Waals surface area contributed by atoms with E-state index in [1.54, 1.807) is 32.4 Å². The maximum absolute atomic E-state index is 9.41. The largest absolute Gasteiger partial charge is 0.390 e. The predicted octanol–water partition coefficient (Wildman–Crippen LogP) is 1.34. The van der Waals surface area contributed by atoms with Crippen molar-refractivity contribution in [3.63, 3.8) is 0 Å². The number of thioether (sulfide) groups is 1. The monoisotopic (exact) mass is 184 g/mol. The minimum atomic E-state index is -0.651. The van der Waals surface area contributed by atoms with Gasteiger partial charge in [-0.2, -0.15) is 0 Å². The summed E-state index contributed by atoms with van der Waals surface area (Å²) in [6.07, 6.45) is 4.97. The lowest BCUT2D eigenvalue weighted by molar-refractivity contribution is 0.107. The van der Waals surface area contributed by atoms with E-state index in [9.17, 15) is 5.11 Å². The van der Waals surface area contributed by atoms with Gasteiger partial charge in [0.1, 0.15) is 5.03 Å². The van der Waals surface area contributed by atoms with Gasteiger partial charge in [0.05, 0.1) is 11.8 Å². The standard InChI is InChI=1S/C8H12N2OS/c1-8(2,11)6-12-7-5-9-3-4-10-7/h3-5,11H,6H2,1-2H3. The number of rotatable bonds is 3. The zero-order chi connectivity index (χ0) is 9.03. The summed E-state index contributed by atoms with van der Waals surface area (Å²) in [6, 6.07) is 0. The van der Waals surface area contributed by atoms with Crippen molar-refractivity contribution in [2.24, 2.45) is 0 Å². The lowest BCUT2D eigenvalue weighted by Crippen LogP contribution is -2.21. The van der Waals surface area contributed by atoms with Crippen LogP contribution in [0.25, 0.3) is 0 Å². The van der Waals surface area contributed by atoms with E-state index in [2.05, 4.69) is 9.97 Å². The van der Waals surface area contributed by atoms with Crippen molar-refractivity contribution >= 4 is 11.8 Å². The first-order chi connectivity index (χ1) is 5.58. The molecular weight excluding hydrogens is 172 g/mol. The van der Waals surface area contributed by atoms with Crippen LogP contribution in [-0.4, -0.2) is 26.4 Å². The van der Waals surface area contributed by atoms with Gasteiger partial charge in [-0.05, 0) is 13.8 Å². The molecule has 3 nitrogen and oxygen atoms in total. The van der Waals surface area contributed by atoms with E-state index in [4.69, 9.17) is 0 Å². The Labute approximate surface area is 76.2 Å². The lowest BCUT2D eigenvalue weighted by Gasteiger charge is -2.15. The third-order valence-corrected chi connectivity index (χ3v) is 2.47. The Morgan fingerprint density at radius 1 is 1.50 bits per heavy atom. The van der Waals surface area contributed by atoms with Crippen LogP contribution in [0.2, 0.25) is 0 Å². The van der Waals surface area contributed by atoms with Crippen molar-refractivity contribution in [3.05, 3.63) is 18.6 Å². The molecule has 0 aliphatic carbocycles. The smallest absolute Gasteiger partial charge is 0.114 e. The molecule has 1 aromatic heterocycles. The fraction of sp³-hybridized carbons (Fsp3) is 0.500. The van der Waals surface area contributed by atoms with Gasteiger partial charge in [-0.1, -0.05) is 0 Å². The Morgan fingerprint density at radius 3 is 2.75 bits per heavy atom. The number of nitrogens with zero attached hydrogens (tertiary/aromatic N) is 2. The molecule has 0 atom stereocenters. The van der Waals surface area contributed by atoms with Gasteiger partial charge in [-0.3, -0.25) is 4.98 Å². The molecule has 1 rings (SSSR count). The molecule has 12 heavy (non-hydrogen) atoms. The highest BCUT2D eigenvalue weighted by Crippen LogP contribution is 2.18. The predicted molar refractivity (Wildman–Crippen MR) is 49.1 cm³/mol. The van der Waals surface area contributed by atoms with Crippen LogP contribution in [0, 0.1) is 0 Å². The van der Waals surface area contributed by atoms with Crippen LogP contribution in [-0.2, 0) is 0 Å². The van der Waals surface area contributed by atoms with E-state index in [-0.39, 0.29) is 0 Å². The Kier molecular flexibility index (Phi) is 3.05. The highest BCUT2D eigenvalue weighted by molar-refractivity contribution is 7.99. The fourth-order valence-electron chi connectivity index (χ4n) is 0.611. The SMILES string of the molecule is CC(C)(O)CSc1cnccn1. The molecule has 4 heteroatoms. The molecular formula is C8H12N2OS. The zero-order valence-electron chi connectivity index (χ0n) is 7.19. The molecule has 0 fully saturated rings. The van der Waals surface area contributed by atoms with Crippen molar-refractivity contribution in [1.82, 2.24) is 9.97 Å². The second-order valence-electron chi connectivity index (χ2n) is 3.14. The van der Waals surface area contributed by atoms with Crippen LogP contribution in [0.3, 0.4) is 0 Å². The Morgan fingerprint density at radius 2 is 2.25 bits per heavy atom. The number of aromatic nitrogens is 2. The Balaban J connectivity index is 2.44. The van der Waals surface area contributed by atoms with Crippen LogP contribution in [0.1, 0.15) is 13.8 Å². The van der Waals surface area contributed by atoms with Crippen LogP contribution >= 0.6 is 11.8 Å². The molecule has 0 unspecified atom stereocenters. The summed E-state index contributed by atoms with van der Waals surface area (Å²) in [7, 11) is 0. The van der Waals surface area contributed by atoms with Gasteiger partial charge in [-0.25, -0.2) is 4.98 Å². The van der Waals surface area contributed by atoms with Gasteiger partial charge in [-0.15, -0.1) is 11.8 Å². The molecule has 0 aromatic carbocycles. The summed E-state index contributed by atoms with van der Waals surface area (Å²) in [4.78, 5) is 7.99. The first-order valence-corrected chi connectivity index (χ1v) is 4.68. The number of aliphatic hydroxyl groups is 1. The number of hydrogen-bond acceptors (Lipinski definition) is 4. The molecule has 0 amide bonds. The average Bonchev–Trinajstić information content (AvgIpc) is 2.02. The topological polar surface area (TPSA) is 46.0 Å². The van der Waals surface area contributed by atoms with E-state index in [0.29, 0.717) is 5.75 Å². The fourth-order valence-corrected chi connectivity index (χ4v) is 1.38. The van der Waals surface area contributed by atoms with Crippen LogP contribution in [0.4, 0.5) is 0 Å². The van der Waals surface area contributed by atoms with Crippen LogP contribution in [0.15, 0.2) is 23.6 Å². The van der Waals surface area contributed by atoms with Gasteiger partial charge in [0.2, 0.25) is 0 Å². The maximum atomic E-state index is 9.41. The molecule has 0 spiro atoms. The van der Waals surface area contributed by atoms with Gasteiger partial charge in [0, 0.05) is 18.1 Å². The minimum absolute atomic E-state index is 0.631. The van der Waals surface area contributed by atoms with Gasteiger partial charge in [0.15, 0.2) is 0 Å². The van der Waals surface area contributed by atoms with E-state index in [1.165, 1.54) is 11.8 Å². The Hall–Kier alpha value is -0.610. The molecule has 0 saturated heterocycles. The summed E-state index contributed by atoms with van der Waals surface area (Å²) in [5, 5.41) is 10.3. The van der Waals surface area contributed by atoms with E-state index in [1.807, 2.05) is 0 Å². The molecule has 0 aliphatic rings. The highest BCUT2D eigenvalue weighted by atomic mass is 32.2. The molecule has 66 valence electrons. The number of hydrogen-bond donors (Lipinski definition) is 1. The average molecular weight is 184 g/mol. The van der Waals surface area contributed by atoms with E-state index >= 15 is 0 Å². The second kappa shape index (κ2) is 3.87. The first-order valence-electron chi connectivity index (χ1n) is 3.69. The minimum Gasteiger partial charge on any atom is -0.390 e. The van der Waals surface area contributed by atoms with Crippen molar-refractivity contribution in [2.45, 2.75) is 24.5 Å². The zero-order valence-corrected chi connectivity index (χ0v) is 8.01. The normalized spacial score (nSPS) is 11.6. The summed E-state index contributed by atoms with van der Waals surface area (Å²) < 4.78 is 0. The van der Waals surface area contributed by atoms with Crippen molar-refractivity contribution in [1.29, 1.82) is 0 Å². The first kappa shape index (κ1) is 9.48. The van der Waals surface area contributed by atoms with E-state index in [0.717, 1.165) is 5.03 Å². The third-order valence-electron chi connectivity index (χ3n) is 1.11. The van der Waals surface area contributed by atoms with Gasteiger partial charge in [0.25, 0.3) is 0 Å². The molecule has 1 heterocycles. The third kappa shape index (κ3) is 3.69.